The minimum absolute atomic E-state index is 0.0221. The first-order chi connectivity index (χ1) is 11.2. The SMILES string of the molecule is CCN(CC)C(CNC(=O)C1(OC)CCNCC1)c1ccsc1. The normalized spacial score (nSPS) is 18.8. The predicted molar refractivity (Wildman–Crippen MR) is 94.8 cm³/mol. The van der Waals surface area contributed by atoms with E-state index in [0.717, 1.165) is 39.0 Å². The van der Waals surface area contributed by atoms with Crippen LogP contribution in [-0.4, -0.2) is 56.2 Å². The lowest BCUT2D eigenvalue weighted by molar-refractivity contribution is -0.147. The van der Waals surface area contributed by atoms with E-state index in [1.54, 1.807) is 18.4 Å². The summed E-state index contributed by atoms with van der Waals surface area (Å²) in [5, 5.41) is 10.7. The van der Waals surface area contributed by atoms with Crippen LogP contribution in [0.3, 0.4) is 0 Å². The minimum atomic E-state index is -0.673. The van der Waals surface area contributed by atoms with Gasteiger partial charge in [0.25, 0.3) is 5.91 Å². The van der Waals surface area contributed by atoms with Crippen LogP contribution >= 0.6 is 11.3 Å². The molecule has 130 valence electrons. The summed E-state index contributed by atoms with van der Waals surface area (Å²) in [6.45, 7) is 8.52. The lowest BCUT2D eigenvalue weighted by atomic mass is 9.91. The van der Waals surface area contributed by atoms with Crippen LogP contribution in [0.2, 0.25) is 0 Å². The molecule has 1 unspecified atom stereocenters. The van der Waals surface area contributed by atoms with Gasteiger partial charge in [0.1, 0.15) is 5.60 Å². The number of methoxy groups -OCH3 is 1. The Labute approximate surface area is 143 Å². The van der Waals surface area contributed by atoms with Crippen LogP contribution in [0.1, 0.15) is 38.3 Å². The number of rotatable bonds is 8. The standard InChI is InChI=1S/C17H29N3O2S/c1-4-20(5-2)15(14-6-11-23-13-14)12-19-16(21)17(22-3)7-9-18-10-8-17/h6,11,13,15,18H,4-5,7-10,12H2,1-3H3,(H,19,21). The van der Waals surface area contributed by atoms with E-state index >= 15 is 0 Å². The summed E-state index contributed by atoms with van der Waals surface area (Å²) in [7, 11) is 1.64. The highest BCUT2D eigenvalue weighted by molar-refractivity contribution is 7.07. The fourth-order valence-corrected chi connectivity index (χ4v) is 4.00. The average Bonchev–Trinajstić information content (AvgIpc) is 3.13. The first-order valence-corrected chi connectivity index (χ1v) is 9.41. The molecule has 1 saturated heterocycles. The van der Waals surface area contributed by atoms with Gasteiger partial charge in [-0.1, -0.05) is 13.8 Å². The van der Waals surface area contributed by atoms with Crippen LogP contribution < -0.4 is 10.6 Å². The number of hydrogen-bond acceptors (Lipinski definition) is 5. The molecule has 0 saturated carbocycles. The Morgan fingerprint density at radius 3 is 2.65 bits per heavy atom. The minimum Gasteiger partial charge on any atom is -0.368 e. The van der Waals surface area contributed by atoms with Gasteiger partial charge in [0.15, 0.2) is 0 Å². The predicted octanol–water partition coefficient (Wildman–Crippen LogP) is 2.02. The molecule has 2 rings (SSSR count). The topological polar surface area (TPSA) is 53.6 Å². The molecule has 1 aromatic heterocycles. The molecule has 1 fully saturated rings. The highest BCUT2D eigenvalue weighted by Crippen LogP contribution is 2.25. The van der Waals surface area contributed by atoms with Crippen molar-refractivity contribution in [1.82, 2.24) is 15.5 Å². The second kappa shape index (κ2) is 8.78. The van der Waals surface area contributed by atoms with E-state index in [4.69, 9.17) is 4.74 Å². The summed E-state index contributed by atoms with van der Waals surface area (Å²) in [5.74, 6) is 0.0221. The first-order valence-electron chi connectivity index (χ1n) is 8.47. The number of amides is 1. The zero-order valence-electron chi connectivity index (χ0n) is 14.4. The zero-order chi connectivity index (χ0) is 16.7. The molecule has 0 aromatic carbocycles. The number of carbonyl (C=O) groups excluding carboxylic acids is 1. The van der Waals surface area contributed by atoms with Crippen molar-refractivity contribution in [3.8, 4) is 0 Å². The number of nitrogens with zero attached hydrogens (tertiary/aromatic N) is 1. The summed E-state index contributed by atoms with van der Waals surface area (Å²) in [6, 6.07) is 2.37. The molecular weight excluding hydrogens is 310 g/mol. The molecule has 1 aliphatic heterocycles. The largest absolute Gasteiger partial charge is 0.368 e. The molecule has 2 N–H and O–H groups in total. The summed E-state index contributed by atoms with van der Waals surface area (Å²) >= 11 is 1.70. The third-order valence-electron chi connectivity index (χ3n) is 4.85. The van der Waals surface area contributed by atoms with Gasteiger partial charge in [-0.15, -0.1) is 0 Å². The molecule has 23 heavy (non-hydrogen) atoms. The Hall–Kier alpha value is -0.950. The maximum absolute atomic E-state index is 12.7. The first kappa shape index (κ1) is 18.4. The van der Waals surface area contributed by atoms with Crippen molar-refractivity contribution in [2.45, 2.75) is 38.3 Å². The second-order valence-corrected chi connectivity index (χ2v) is 6.73. The van der Waals surface area contributed by atoms with E-state index < -0.39 is 5.60 Å². The highest BCUT2D eigenvalue weighted by atomic mass is 32.1. The van der Waals surface area contributed by atoms with E-state index in [1.807, 2.05) is 0 Å². The van der Waals surface area contributed by atoms with Gasteiger partial charge in [-0.3, -0.25) is 9.69 Å². The molecule has 0 bridgehead atoms. The average molecular weight is 340 g/mol. The van der Waals surface area contributed by atoms with Crippen molar-refractivity contribution in [3.63, 3.8) is 0 Å². The van der Waals surface area contributed by atoms with Gasteiger partial charge in [0.2, 0.25) is 0 Å². The maximum Gasteiger partial charge on any atom is 0.252 e. The van der Waals surface area contributed by atoms with Gasteiger partial charge < -0.3 is 15.4 Å². The molecule has 5 nitrogen and oxygen atoms in total. The number of piperidine rings is 1. The highest BCUT2D eigenvalue weighted by Gasteiger charge is 2.39. The lowest BCUT2D eigenvalue weighted by Gasteiger charge is -2.36. The zero-order valence-corrected chi connectivity index (χ0v) is 15.2. The Morgan fingerprint density at radius 1 is 1.43 bits per heavy atom. The third kappa shape index (κ3) is 4.32. The smallest absolute Gasteiger partial charge is 0.252 e. The van der Waals surface area contributed by atoms with E-state index in [0.29, 0.717) is 6.54 Å². The number of ether oxygens (including phenoxy) is 1. The molecule has 0 spiro atoms. The Bertz CT molecular complexity index is 468. The molecule has 1 aliphatic rings. The summed E-state index contributed by atoms with van der Waals surface area (Å²) in [4.78, 5) is 15.1. The molecule has 1 aromatic rings. The monoisotopic (exact) mass is 339 g/mol. The summed E-state index contributed by atoms with van der Waals surface area (Å²) in [5.41, 5.74) is 0.601. The van der Waals surface area contributed by atoms with Crippen molar-refractivity contribution in [3.05, 3.63) is 22.4 Å². The van der Waals surface area contributed by atoms with Crippen LogP contribution in [0.25, 0.3) is 0 Å². The third-order valence-corrected chi connectivity index (χ3v) is 5.55. The van der Waals surface area contributed by atoms with Crippen molar-refractivity contribution in [1.29, 1.82) is 0 Å². The van der Waals surface area contributed by atoms with Crippen LogP contribution in [0, 0.1) is 0 Å². The Balaban J connectivity index is 2.04. The van der Waals surface area contributed by atoms with Crippen molar-refractivity contribution >= 4 is 17.2 Å². The van der Waals surface area contributed by atoms with Gasteiger partial charge in [-0.05, 0) is 61.4 Å². The van der Waals surface area contributed by atoms with Gasteiger partial charge in [-0.2, -0.15) is 11.3 Å². The van der Waals surface area contributed by atoms with Crippen LogP contribution in [0.4, 0.5) is 0 Å². The quantitative estimate of drug-likeness (QED) is 0.761. The van der Waals surface area contributed by atoms with Crippen molar-refractivity contribution in [2.24, 2.45) is 0 Å². The van der Waals surface area contributed by atoms with E-state index in [-0.39, 0.29) is 11.9 Å². The van der Waals surface area contributed by atoms with E-state index in [1.165, 1.54) is 5.56 Å². The molecule has 0 aliphatic carbocycles. The van der Waals surface area contributed by atoms with Crippen LogP contribution in [-0.2, 0) is 9.53 Å². The Morgan fingerprint density at radius 2 is 2.13 bits per heavy atom. The van der Waals surface area contributed by atoms with Gasteiger partial charge in [0, 0.05) is 13.7 Å². The number of hydrogen-bond donors (Lipinski definition) is 2. The molecule has 0 radical (unpaired) electrons. The fraction of sp³-hybridized carbons (Fsp3) is 0.706. The van der Waals surface area contributed by atoms with E-state index in [2.05, 4.69) is 46.2 Å². The molecule has 1 atom stereocenters. The van der Waals surface area contributed by atoms with Gasteiger partial charge in [0.05, 0.1) is 6.04 Å². The molecule has 6 heteroatoms. The number of nitrogens with one attached hydrogen (secondary N) is 2. The van der Waals surface area contributed by atoms with Gasteiger partial charge in [-0.25, -0.2) is 0 Å². The van der Waals surface area contributed by atoms with Crippen LogP contribution in [0.15, 0.2) is 16.8 Å². The summed E-state index contributed by atoms with van der Waals surface area (Å²) < 4.78 is 5.61. The van der Waals surface area contributed by atoms with Crippen molar-refractivity contribution < 1.29 is 9.53 Å². The molecular formula is C17H29N3O2S. The lowest BCUT2D eigenvalue weighted by Crippen LogP contribution is -2.55. The maximum atomic E-state index is 12.7. The number of thiophene rings is 1. The van der Waals surface area contributed by atoms with Crippen LogP contribution in [0.5, 0.6) is 0 Å². The second-order valence-electron chi connectivity index (χ2n) is 5.95. The number of carbonyl (C=O) groups is 1. The van der Waals surface area contributed by atoms with Crippen molar-refractivity contribution in [2.75, 3.05) is 39.8 Å². The van der Waals surface area contributed by atoms with E-state index in [9.17, 15) is 4.79 Å². The number of likely N-dealkylation sites (N-methyl/N-ethyl adjacent to an activating group) is 1. The fourth-order valence-electron chi connectivity index (χ4n) is 3.29. The van der Waals surface area contributed by atoms with Gasteiger partial charge >= 0.3 is 0 Å². The molecule has 2 heterocycles. The Kier molecular flexibility index (Phi) is 7.02. The molecule has 1 amide bonds. The summed E-state index contributed by atoms with van der Waals surface area (Å²) in [6.07, 6.45) is 1.45.